The number of amides is 1. The first-order chi connectivity index (χ1) is 12.1. The molecule has 0 saturated carbocycles. The highest BCUT2D eigenvalue weighted by Gasteiger charge is 2.15. The monoisotopic (exact) mass is 342 g/mol. The summed E-state index contributed by atoms with van der Waals surface area (Å²) in [6, 6.07) is 4.07. The summed E-state index contributed by atoms with van der Waals surface area (Å²) in [4.78, 5) is 14.2. The van der Waals surface area contributed by atoms with Gasteiger partial charge in [0.1, 0.15) is 5.76 Å². The van der Waals surface area contributed by atoms with Crippen LogP contribution in [0, 0.1) is 0 Å². The molecule has 1 amide bonds. The van der Waals surface area contributed by atoms with E-state index in [1.807, 2.05) is 23.0 Å². The lowest BCUT2D eigenvalue weighted by atomic mass is 10.0. The molecule has 25 heavy (non-hydrogen) atoms. The average Bonchev–Trinajstić information content (AvgIpc) is 3.30. The van der Waals surface area contributed by atoms with Crippen LogP contribution in [0.1, 0.15) is 44.1 Å². The van der Waals surface area contributed by atoms with Crippen LogP contribution < -0.4 is 5.32 Å². The van der Waals surface area contributed by atoms with Crippen LogP contribution >= 0.6 is 0 Å². The minimum Gasteiger partial charge on any atom is -0.467 e. The van der Waals surface area contributed by atoms with Gasteiger partial charge in [-0.25, -0.2) is 0 Å². The predicted octanol–water partition coefficient (Wildman–Crippen LogP) is 2.85. The topological polar surface area (TPSA) is 63.3 Å². The molecular formula is C19H26N4O2. The van der Waals surface area contributed by atoms with Crippen molar-refractivity contribution >= 4 is 11.5 Å². The number of nitrogens with one attached hydrogen (secondary N) is 1. The second kappa shape index (κ2) is 8.16. The van der Waals surface area contributed by atoms with Crippen molar-refractivity contribution in [1.82, 2.24) is 20.0 Å². The third kappa shape index (κ3) is 4.82. The van der Waals surface area contributed by atoms with Gasteiger partial charge in [0.25, 0.3) is 0 Å². The minimum atomic E-state index is 0.0596. The van der Waals surface area contributed by atoms with Gasteiger partial charge in [-0.3, -0.25) is 14.4 Å². The molecule has 134 valence electrons. The second-order valence-electron chi connectivity index (χ2n) is 6.69. The van der Waals surface area contributed by atoms with E-state index in [1.165, 1.54) is 11.1 Å². The number of rotatable bonds is 7. The van der Waals surface area contributed by atoms with Crippen molar-refractivity contribution in [1.29, 1.82) is 0 Å². The molecule has 0 atom stereocenters. The molecule has 6 nitrogen and oxygen atoms in total. The van der Waals surface area contributed by atoms with Crippen molar-refractivity contribution in [2.24, 2.45) is 0 Å². The fraction of sp³-hybridized carbons (Fsp3) is 0.474. The second-order valence-corrected chi connectivity index (χ2v) is 6.69. The van der Waals surface area contributed by atoms with E-state index in [0.717, 1.165) is 31.8 Å². The van der Waals surface area contributed by atoms with E-state index in [9.17, 15) is 4.79 Å². The highest BCUT2D eigenvalue weighted by atomic mass is 16.3. The zero-order valence-electron chi connectivity index (χ0n) is 14.9. The standard InChI is InChI=1S/C19H26N4O2/c1-15(2)23-14-17(12-21-23)16-5-8-22(9-6-16)10-7-19(24)20-13-18-4-3-11-25-18/h3-5,11-12,14-15H,6-10,13H2,1-2H3,(H,20,24). The van der Waals surface area contributed by atoms with Crippen LogP contribution in [-0.4, -0.2) is 40.2 Å². The summed E-state index contributed by atoms with van der Waals surface area (Å²) in [5, 5.41) is 7.30. The van der Waals surface area contributed by atoms with Gasteiger partial charge >= 0.3 is 0 Å². The molecule has 2 aromatic heterocycles. The van der Waals surface area contributed by atoms with Gasteiger partial charge in [0.15, 0.2) is 0 Å². The van der Waals surface area contributed by atoms with Crippen LogP contribution in [0.25, 0.3) is 5.57 Å². The van der Waals surface area contributed by atoms with Gasteiger partial charge in [-0.05, 0) is 38.0 Å². The predicted molar refractivity (Wildman–Crippen MR) is 96.8 cm³/mol. The fourth-order valence-corrected chi connectivity index (χ4v) is 2.91. The summed E-state index contributed by atoms with van der Waals surface area (Å²) in [5.41, 5.74) is 2.56. The van der Waals surface area contributed by atoms with Crippen LogP contribution in [-0.2, 0) is 11.3 Å². The van der Waals surface area contributed by atoms with Gasteiger partial charge in [-0.1, -0.05) is 6.08 Å². The third-order valence-electron chi connectivity index (χ3n) is 4.49. The van der Waals surface area contributed by atoms with E-state index in [2.05, 4.69) is 41.4 Å². The van der Waals surface area contributed by atoms with Crippen LogP contribution in [0.2, 0.25) is 0 Å². The molecule has 6 heteroatoms. The summed E-state index contributed by atoms with van der Waals surface area (Å²) in [5.74, 6) is 0.838. The number of aromatic nitrogens is 2. The van der Waals surface area contributed by atoms with Gasteiger partial charge in [0, 0.05) is 43.9 Å². The molecule has 0 spiro atoms. The highest BCUT2D eigenvalue weighted by molar-refractivity contribution is 5.76. The first-order valence-electron chi connectivity index (χ1n) is 8.87. The molecule has 0 radical (unpaired) electrons. The summed E-state index contributed by atoms with van der Waals surface area (Å²) in [6.45, 7) is 7.35. The average molecular weight is 342 g/mol. The molecular weight excluding hydrogens is 316 g/mol. The summed E-state index contributed by atoms with van der Waals surface area (Å²) in [7, 11) is 0. The van der Waals surface area contributed by atoms with Gasteiger partial charge in [-0.2, -0.15) is 5.10 Å². The zero-order valence-corrected chi connectivity index (χ0v) is 14.9. The first-order valence-corrected chi connectivity index (χ1v) is 8.87. The Balaban J connectivity index is 1.42. The Kier molecular flexibility index (Phi) is 5.71. The summed E-state index contributed by atoms with van der Waals surface area (Å²) < 4.78 is 7.20. The van der Waals surface area contributed by atoms with Crippen LogP contribution in [0.15, 0.2) is 41.3 Å². The number of carbonyl (C=O) groups excluding carboxylic acids is 1. The first kappa shape index (κ1) is 17.5. The van der Waals surface area contributed by atoms with E-state index in [-0.39, 0.29) is 5.91 Å². The number of nitrogens with zero attached hydrogens (tertiary/aromatic N) is 3. The maximum Gasteiger partial charge on any atom is 0.221 e. The van der Waals surface area contributed by atoms with Crippen LogP contribution in [0.5, 0.6) is 0 Å². The minimum absolute atomic E-state index is 0.0596. The molecule has 0 aromatic carbocycles. The Morgan fingerprint density at radius 1 is 1.44 bits per heavy atom. The fourth-order valence-electron chi connectivity index (χ4n) is 2.91. The van der Waals surface area contributed by atoms with Gasteiger partial charge < -0.3 is 9.73 Å². The van der Waals surface area contributed by atoms with Crippen molar-refractivity contribution < 1.29 is 9.21 Å². The Labute approximate surface area is 148 Å². The number of hydrogen-bond acceptors (Lipinski definition) is 4. The van der Waals surface area contributed by atoms with E-state index in [4.69, 9.17) is 4.42 Å². The molecule has 3 heterocycles. The van der Waals surface area contributed by atoms with E-state index in [1.54, 1.807) is 6.26 Å². The van der Waals surface area contributed by atoms with Gasteiger partial charge in [0.2, 0.25) is 5.91 Å². The normalized spacial score (nSPS) is 15.4. The van der Waals surface area contributed by atoms with Crippen molar-refractivity contribution in [2.75, 3.05) is 19.6 Å². The molecule has 1 N–H and O–H groups in total. The number of hydrogen-bond donors (Lipinski definition) is 1. The number of furan rings is 1. The van der Waals surface area contributed by atoms with Crippen molar-refractivity contribution in [3.05, 3.63) is 48.2 Å². The molecule has 0 bridgehead atoms. The smallest absolute Gasteiger partial charge is 0.221 e. The number of carbonyl (C=O) groups is 1. The summed E-state index contributed by atoms with van der Waals surface area (Å²) >= 11 is 0. The van der Waals surface area contributed by atoms with Gasteiger partial charge in [0.05, 0.1) is 19.0 Å². The van der Waals surface area contributed by atoms with Crippen LogP contribution in [0.4, 0.5) is 0 Å². The van der Waals surface area contributed by atoms with E-state index < -0.39 is 0 Å². The molecule has 1 aliphatic rings. The maximum atomic E-state index is 11.9. The van der Waals surface area contributed by atoms with Crippen LogP contribution in [0.3, 0.4) is 0 Å². The molecule has 0 fully saturated rings. The lowest BCUT2D eigenvalue weighted by molar-refractivity contribution is -0.121. The Bertz CT molecular complexity index is 716. The molecule has 1 aliphatic heterocycles. The third-order valence-corrected chi connectivity index (χ3v) is 4.49. The summed E-state index contributed by atoms with van der Waals surface area (Å²) in [6.07, 6.45) is 9.45. The lowest BCUT2D eigenvalue weighted by Crippen LogP contribution is -2.33. The molecule has 3 rings (SSSR count). The molecule has 0 aliphatic carbocycles. The largest absolute Gasteiger partial charge is 0.467 e. The Morgan fingerprint density at radius 2 is 2.32 bits per heavy atom. The van der Waals surface area contributed by atoms with Crippen molar-refractivity contribution in [2.45, 2.75) is 39.3 Å². The molecule has 2 aromatic rings. The van der Waals surface area contributed by atoms with Crippen molar-refractivity contribution in [3.8, 4) is 0 Å². The molecule has 0 unspecified atom stereocenters. The van der Waals surface area contributed by atoms with Gasteiger partial charge in [-0.15, -0.1) is 0 Å². The van der Waals surface area contributed by atoms with Crippen molar-refractivity contribution in [3.63, 3.8) is 0 Å². The molecule has 0 saturated heterocycles. The SMILES string of the molecule is CC(C)n1cc(C2=CCN(CCC(=O)NCc3ccco3)CC2)cn1. The lowest BCUT2D eigenvalue weighted by Gasteiger charge is -2.25. The van der Waals surface area contributed by atoms with E-state index >= 15 is 0 Å². The highest BCUT2D eigenvalue weighted by Crippen LogP contribution is 2.22. The Hall–Kier alpha value is -2.34. The maximum absolute atomic E-state index is 11.9. The Morgan fingerprint density at radius 3 is 2.96 bits per heavy atom. The van der Waals surface area contributed by atoms with E-state index in [0.29, 0.717) is 19.0 Å². The quantitative estimate of drug-likeness (QED) is 0.840. The zero-order chi connectivity index (χ0) is 17.6.